The van der Waals surface area contributed by atoms with Gasteiger partial charge in [-0.05, 0) is 13.3 Å². The van der Waals surface area contributed by atoms with Gasteiger partial charge in [-0.2, -0.15) is 0 Å². The monoisotopic (exact) mass is 368 g/mol. The molecule has 25 heavy (non-hydrogen) atoms. The first kappa shape index (κ1) is 22.7. The van der Waals surface area contributed by atoms with Crippen LogP contribution in [-0.4, -0.2) is 104 Å². The van der Waals surface area contributed by atoms with Crippen LogP contribution < -0.4 is 0 Å². The zero-order valence-corrected chi connectivity index (χ0v) is 14.7. The van der Waals surface area contributed by atoms with Crippen molar-refractivity contribution in [3.05, 3.63) is 0 Å². The Morgan fingerprint density at radius 1 is 1.04 bits per heavy atom. The Labute approximate surface area is 147 Å². The number of hydrogen-bond donors (Lipinski definition) is 7. The van der Waals surface area contributed by atoms with Crippen LogP contribution in [0.4, 0.5) is 0 Å². The van der Waals surface area contributed by atoms with Crippen LogP contribution in [0, 0.1) is 0 Å². The maximum Gasteiger partial charge on any atom is 0.115 e. The van der Waals surface area contributed by atoms with Crippen molar-refractivity contribution >= 4 is 0 Å². The predicted molar refractivity (Wildman–Crippen MR) is 86.7 cm³/mol. The zero-order valence-electron chi connectivity index (χ0n) is 14.7. The Balaban J connectivity index is 2.94. The van der Waals surface area contributed by atoms with Crippen molar-refractivity contribution < 1.29 is 45.2 Å². The number of unbranched alkanes of at least 4 members (excludes halogenated alkanes) is 1. The molecule has 0 spiro atoms. The van der Waals surface area contributed by atoms with E-state index in [1.54, 1.807) is 6.92 Å². The summed E-state index contributed by atoms with van der Waals surface area (Å²) in [6.07, 6.45) is -7.34. The Morgan fingerprint density at radius 3 is 2.20 bits per heavy atom. The van der Waals surface area contributed by atoms with Crippen LogP contribution >= 0.6 is 0 Å². The van der Waals surface area contributed by atoms with E-state index < -0.39 is 61.5 Å². The first-order chi connectivity index (χ1) is 11.7. The van der Waals surface area contributed by atoms with E-state index in [2.05, 4.69) is 0 Å². The van der Waals surface area contributed by atoms with Crippen LogP contribution in [0.25, 0.3) is 0 Å². The Bertz CT molecular complexity index is 381. The molecule has 1 saturated heterocycles. The summed E-state index contributed by atoms with van der Waals surface area (Å²) >= 11 is 0. The maximum atomic E-state index is 10.3. The molecular weight excluding hydrogens is 336 g/mol. The van der Waals surface area contributed by atoms with Gasteiger partial charge in [0.05, 0.1) is 25.4 Å². The maximum absolute atomic E-state index is 10.3. The molecule has 9 nitrogen and oxygen atoms in total. The number of aliphatic hydroxyl groups is 7. The molecule has 150 valence electrons. The van der Waals surface area contributed by atoms with E-state index in [0.29, 0.717) is 12.8 Å². The summed E-state index contributed by atoms with van der Waals surface area (Å²) in [5.74, 6) is 0. The molecule has 1 heterocycles. The van der Waals surface area contributed by atoms with E-state index in [0.717, 1.165) is 6.42 Å². The highest BCUT2D eigenvalue weighted by Crippen LogP contribution is 2.34. The molecule has 8 atom stereocenters. The summed E-state index contributed by atoms with van der Waals surface area (Å²) in [6.45, 7) is 2.09. The summed E-state index contributed by atoms with van der Waals surface area (Å²) in [4.78, 5) is 0. The molecule has 0 aliphatic carbocycles. The minimum atomic E-state index is -1.52. The van der Waals surface area contributed by atoms with E-state index in [4.69, 9.17) is 14.6 Å². The van der Waals surface area contributed by atoms with Gasteiger partial charge >= 0.3 is 0 Å². The largest absolute Gasteiger partial charge is 0.394 e. The van der Waals surface area contributed by atoms with Crippen LogP contribution in [0.2, 0.25) is 0 Å². The lowest BCUT2D eigenvalue weighted by Gasteiger charge is -2.48. The second-order valence-electron chi connectivity index (χ2n) is 6.79. The van der Waals surface area contributed by atoms with Gasteiger partial charge in [-0.25, -0.2) is 0 Å². The molecule has 0 aromatic rings. The highest BCUT2D eigenvalue weighted by Gasteiger charge is 2.51. The van der Waals surface area contributed by atoms with Crippen molar-refractivity contribution in [1.82, 2.24) is 0 Å². The third kappa shape index (κ3) is 5.56. The molecule has 3 unspecified atom stereocenters. The van der Waals surface area contributed by atoms with Gasteiger partial charge in [-0.15, -0.1) is 0 Å². The first-order valence-electron chi connectivity index (χ1n) is 8.63. The SMILES string of the molecule is CCCCC(C)(OC[C@@H](O)[C@H](O)CO)[C@@H]1OC(CO)[C@H](O)[C@H](O)C1O. The summed E-state index contributed by atoms with van der Waals surface area (Å²) in [6, 6.07) is 0. The molecule has 7 N–H and O–H groups in total. The van der Waals surface area contributed by atoms with E-state index in [-0.39, 0.29) is 6.61 Å². The second-order valence-corrected chi connectivity index (χ2v) is 6.79. The molecule has 0 radical (unpaired) electrons. The van der Waals surface area contributed by atoms with Gasteiger partial charge in [0.2, 0.25) is 0 Å². The molecule has 1 aliphatic rings. The second kappa shape index (κ2) is 10.1. The average molecular weight is 368 g/mol. The van der Waals surface area contributed by atoms with Crippen LogP contribution in [0.15, 0.2) is 0 Å². The number of hydrogen-bond acceptors (Lipinski definition) is 9. The average Bonchev–Trinajstić information content (AvgIpc) is 2.61. The fourth-order valence-electron chi connectivity index (χ4n) is 2.94. The lowest BCUT2D eigenvalue weighted by Crippen LogP contribution is -2.65. The first-order valence-corrected chi connectivity index (χ1v) is 8.63. The lowest BCUT2D eigenvalue weighted by atomic mass is 9.83. The summed E-state index contributed by atoms with van der Waals surface area (Å²) in [7, 11) is 0. The van der Waals surface area contributed by atoms with Gasteiger partial charge < -0.3 is 45.2 Å². The Kier molecular flexibility index (Phi) is 9.16. The van der Waals surface area contributed by atoms with Crippen molar-refractivity contribution in [3.63, 3.8) is 0 Å². The van der Waals surface area contributed by atoms with Crippen molar-refractivity contribution in [2.75, 3.05) is 19.8 Å². The third-order valence-corrected chi connectivity index (χ3v) is 4.74. The topological polar surface area (TPSA) is 160 Å². The molecule has 0 amide bonds. The molecule has 0 aromatic heterocycles. The number of aliphatic hydroxyl groups excluding tert-OH is 7. The van der Waals surface area contributed by atoms with E-state index in [1.807, 2.05) is 6.92 Å². The van der Waals surface area contributed by atoms with Gasteiger partial charge in [0.15, 0.2) is 0 Å². The van der Waals surface area contributed by atoms with E-state index in [9.17, 15) is 30.6 Å². The molecule has 1 rings (SSSR count). The van der Waals surface area contributed by atoms with Crippen LogP contribution in [0.5, 0.6) is 0 Å². The lowest BCUT2D eigenvalue weighted by molar-refractivity contribution is -0.279. The van der Waals surface area contributed by atoms with Gasteiger partial charge in [0, 0.05) is 0 Å². The zero-order chi connectivity index (χ0) is 19.2. The van der Waals surface area contributed by atoms with Crippen LogP contribution in [0.1, 0.15) is 33.1 Å². The molecule has 1 aliphatic heterocycles. The summed E-state index contributed by atoms with van der Waals surface area (Å²) < 4.78 is 11.3. The quantitative estimate of drug-likeness (QED) is 0.221. The van der Waals surface area contributed by atoms with Gasteiger partial charge in [0.1, 0.15) is 42.7 Å². The van der Waals surface area contributed by atoms with Gasteiger partial charge in [0.25, 0.3) is 0 Å². The molecule has 9 heteroatoms. The smallest absolute Gasteiger partial charge is 0.115 e. The Hall–Kier alpha value is -0.360. The molecular formula is C16H32O9. The Morgan fingerprint density at radius 2 is 1.68 bits per heavy atom. The molecule has 1 fully saturated rings. The fourth-order valence-corrected chi connectivity index (χ4v) is 2.94. The minimum Gasteiger partial charge on any atom is -0.394 e. The molecule has 0 aromatic carbocycles. The van der Waals surface area contributed by atoms with Crippen LogP contribution in [-0.2, 0) is 9.47 Å². The third-order valence-electron chi connectivity index (χ3n) is 4.74. The minimum absolute atomic E-state index is 0.322. The van der Waals surface area contributed by atoms with E-state index in [1.165, 1.54) is 0 Å². The number of rotatable bonds is 10. The standard InChI is InChI=1S/C16H32O9/c1-3-4-5-16(2,24-8-10(20)9(19)6-17)15-14(23)13(22)12(21)11(7-18)25-15/h9-15,17-23H,3-8H2,1-2H3/t9-,10-,11?,12+,13+,14?,15-,16?/m1/s1. The van der Waals surface area contributed by atoms with E-state index >= 15 is 0 Å². The van der Waals surface area contributed by atoms with Crippen LogP contribution in [0.3, 0.4) is 0 Å². The molecule has 0 saturated carbocycles. The van der Waals surface area contributed by atoms with Crippen molar-refractivity contribution in [1.29, 1.82) is 0 Å². The van der Waals surface area contributed by atoms with Crippen molar-refractivity contribution in [3.8, 4) is 0 Å². The molecule has 0 bridgehead atoms. The highest BCUT2D eigenvalue weighted by atomic mass is 16.6. The summed E-state index contributed by atoms with van der Waals surface area (Å²) in [5, 5.41) is 67.7. The number of ether oxygens (including phenoxy) is 2. The predicted octanol–water partition coefficient (Wildman–Crippen LogP) is -2.49. The normalized spacial score (nSPS) is 35.2. The van der Waals surface area contributed by atoms with Crippen molar-refractivity contribution in [2.24, 2.45) is 0 Å². The summed E-state index contributed by atoms with van der Waals surface area (Å²) in [5.41, 5.74) is -1.15. The highest BCUT2D eigenvalue weighted by molar-refractivity contribution is 5.00. The van der Waals surface area contributed by atoms with Gasteiger partial charge in [-0.1, -0.05) is 19.8 Å². The van der Waals surface area contributed by atoms with Gasteiger partial charge in [-0.3, -0.25) is 0 Å². The van der Waals surface area contributed by atoms with Crippen molar-refractivity contribution in [2.45, 2.75) is 81.4 Å². The fraction of sp³-hybridized carbons (Fsp3) is 1.00.